The van der Waals surface area contributed by atoms with E-state index >= 15 is 0 Å². The third-order valence-corrected chi connectivity index (χ3v) is 4.11. The molecule has 0 aliphatic carbocycles. The van der Waals surface area contributed by atoms with Crippen molar-refractivity contribution >= 4 is 11.9 Å². The summed E-state index contributed by atoms with van der Waals surface area (Å²) in [6, 6.07) is 3.92. The van der Waals surface area contributed by atoms with Gasteiger partial charge in [0.1, 0.15) is 17.6 Å². The molecule has 27 heavy (non-hydrogen) atoms. The first-order chi connectivity index (χ1) is 12.7. The number of rotatable bonds is 4. The van der Waals surface area contributed by atoms with Gasteiger partial charge in [-0.05, 0) is 31.2 Å². The number of aromatic nitrogens is 3. The zero-order valence-corrected chi connectivity index (χ0v) is 14.1. The summed E-state index contributed by atoms with van der Waals surface area (Å²) in [7, 11) is 0. The van der Waals surface area contributed by atoms with Crippen LogP contribution >= 0.6 is 0 Å². The number of aliphatic carboxylic acids is 1. The van der Waals surface area contributed by atoms with Crippen LogP contribution < -0.4 is 4.74 Å². The van der Waals surface area contributed by atoms with Crippen molar-refractivity contribution in [2.45, 2.75) is 32.2 Å². The summed E-state index contributed by atoms with van der Waals surface area (Å²) in [5.74, 6) is -0.783. The minimum atomic E-state index is -4.47. The average molecular weight is 384 g/mol. The highest BCUT2D eigenvalue weighted by molar-refractivity contribution is 5.96. The fraction of sp³-hybridized carbons (Fsp3) is 0.375. The Morgan fingerprint density at radius 3 is 2.52 bits per heavy atom. The van der Waals surface area contributed by atoms with Crippen LogP contribution in [0.3, 0.4) is 0 Å². The lowest BCUT2D eigenvalue weighted by Gasteiger charge is -2.33. The Labute approximate surface area is 151 Å². The maximum absolute atomic E-state index is 12.7. The van der Waals surface area contributed by atoms with Crippen LogP contribution in [-0.2, 0) is 17.9 Å². The third-order valence-electron chi connectivity index (χ3n) is 4.11. The highest BCUT2D eigenvalue weighted by atomic mass is 19.4. The molecule has 2 heterocycles. The van der Waals surface area contributed by atoms with E-state index in [1.165, 1.54) is 24.3 Å². The molecule has 0 saturated carbocycles. The molecular formula is C16H15F3N4O4. The van der Waals surface area contributed by atoms with E-state index in [0.29, 0.717) is 11.6 Å². The minimum absolute atomic E-state index is 0.0159. The number of fused-ring (bicyclic) bond motifs is 1. The highest BCUT2D eigenvalue weighted by Gasteiger charge is 2.36. The van der Waals surface area contributed by atoms with Crippen molar-refractivity contribution in [3.8, 4) is 5.75 Å². The molecule has 0 bridgehead atoms. The summed E-state index contributed by atoms with van der Waals surface area (Å²) in [6.07, 6.45) is -4.47. The van der Waals surface area contributed by atoms with Gasteiger partial charge in [0, 0.05) is 5.56 Å². The lowest BCUT2D eigenvalue weighted by Crippen LogP contribution is -2.50. The first kappa shape index (κ1) is 18.7. The molecule has 144 valence electrons. The van der Waals surface area contributed by atoms with Crippen LogP contribution in [0.5, 0.6) is 5.75 Å². The third kappa shape index (κ3) is 4.01. The molecule has 1 aliphatic rings. The molecule has 8 nitrogen and oxygen atoms in total. The molecule has 1 amide bonds. The number of carboxylic acids is 1. The number of nitrogens with zero attached hydrogens (tertiary/aromatic N) is 4. The molecule has 0 radical (unpaired) electrons. The number of hydrogen-bond donors (Lipinski definition) is 1. The van der Waals surface area contributed by atoms with Gasteiger partial charge < -0.3 is 19.3 Å². The standard InChI is InChI=1S/C16H15F3N4O4/c1-9-20-21-13-7-23(12(15(25)26)6-22(9)13)14(24)10-2-4-11(5-3-10)27-8-16(17,18)19/h2-5,12H,6-8H2,1H3,(H,25,26). The molecular weight excluding hydrogens is 369 g/mol. The highest BCUT2D eigenvalue weighted by Crippen LogP contribution is 2.23. The second kappa shape index (κ2) is 6.89. The average Bonchev–Trinajstić information content (AvgIpc) is 2.98. The Morgan fingerprint density at radius 1 is 1.26 bits per heavy atom. The summed E-state index contributed by atoms with van der Waals surface area (Å²) < 4.78 is 42.8. The van der Waals surface area contributed by atoms with Crippen LogP contribution in [0.4, 0.5) is 13.2 Å². The zero-order chi connectivity index (χ0) is 19.8. The topological polar surface area (TPSA) is 97.5 Å². The van der Waals surface area contributed by atoms with Crippen molar-refractivity contribution in [2.75, 3.05) is 6.61 Å². The SMILES string of the molecule is Cc1nnc2n1CC(C(=O)O)N(C(=O)c1ccc(OCC(F)(F)F)cc1)C2. The molecule has 1 aromatic heterocycles. The van der Waals surface area contributed by atoms with E-state index < -0.39 is 30.7 Å². The zero-order valence-electron chi connectivity index (χ0n) is 14.1. The van der Waals surface area contributed by atoms with Gasteiger partial charge in [-0.1, -0.05) is 0 Å². The van der Waals surface area contributed by atoms with Crippen molar-refractivity contribution in [3.05, 3.63) is 41.5 Å². The molecule has 1 N–H and O–H groups in total. The van der Waals surface area contributed by atoms with E-state index in [-0.39, 0.29) is 24.4 Å². The lowest BCUT2D eigenvalue weighted by atomic mass is 10.1. The predicted molar refractivity (Wildman–Crippen MR) is 84.0 cm³/mol. The Balaban J connectivity index is 1.78. The number of hydrogen-bond acceptors (Lipinski definition) is 5. The monoisotopic (exact) mass is 384 g/mol. The summed E-state index contributed by atoms with van der Waals surface area (Å²) in [5, 5.41) is 17.3. The number of benzene rings is 1. The summed E-state index contributed by atoms with van der Waals surface area (Å²) in [6.45, 7) is 0.222. The molecule has 3 rings (SSSR count). The lowest BCUT2D eigenvalue weighted by molar-refractivity contribution is -0.153. The van der Waals surface area contributed by atoms with Gasteiger partial charge >= 0.3 is 12.1 Å². The normalized spacial score (nSPS) is 16.7. The molecule has 0 saturated heterocycles. The van der Waals surface area contributed by atoms with Crippen LogP contribution in [0.25, 0.3) is 0 Å². The number of carbonyl (C=O) groups excluding carboxylic acids is 1. The Morgan fingerprint density at radius 2 is 1.93 bits per heavy atom. The van der Waals surface area contributed by atoms with Crippen LogP contribution in [0.15, 0.2) is 24.3 Å². The maximum atomic E-state index is 12.7. The first-order valence-electron chi connectivity index (χ1n) is 7.88. The maximum Gasteiger partial charge on any atom is 0.422 e. The van der Waals surface area contributed by atoms with Gasteiger partial charge in [0.15, 0.2) is 12.4 Å². The van der Waals surface area contributed by atoms with E-state index in [0.717, 1.165) is 4.90 Å². The minimum Gasteiger partial charge on any atom is -0.484 e. The van der Waals surface area contributed by atoms with E-state index in [1.807, 2.05) is 0 Å². The number of carboxylic acid groups (broad SMARTS) is 1. The van der Waals surface area contributed by atoms with Crippen LogP contribution in [-0.4, -0.2) is 55.5 Å². The fourth-order valence-electron chi connectivity index (χ4n) is 2.76. The van der Waals surface area contributed by atoms with Crippen LogP contribution in [0.1, 0.15) is 22.0 Å². The molecule has 11 heteroatoms. The number of ether oxygens (including phenoxy) is 1. The van der Waals surface area contributed by atoms with Crippen LogP contribution in [0.2, 0.25) is 0 Å². The van der Waals surface area contributed by atoms with Gasteiger partial charge in [-0.15, -0.1) is 10.2 Å². The second-order valence-electron chi connectivity index (χ2n) is 5.99. The summed E-state index contributed by atoms with van der Waals surface area (Å²) >= 11 is 0. The largest absolute Gasteiger partial charge is 0.484 e. The Hall–Kier alpha value is -3.11. The molecule has 1 unspecified atom stereocenters. The number of alkyl halides is 3. The summed E-state index contributed by atoms with van der Waals surface area (Å²) in [4.78, 5) is 25.5. The Bertz CT molecular complexity index is 864. The van der Waals surface area contributed by atoms with Gasteiger partial charge in [0.2, 0.25) is 0 Å². The molecule has 0 fully saturated rings. The van der Waals surface area contributed by atoms with Gasteiger partial charge in [0.25, 0.3) is 5.91 Å². The smallest absolute Gasteiger partial charge is 0.422 e. The van der Waals surface area contributed by atoms with Crippen molar-refractivity contribution in [1.82, 2.24) is 19.7 Å². The molecule has 0 spiro atoms. The molecule has 1 atom stereocenters. The van der Waals surface area contributed by atoms with Crippen molar-refractivity contribution in [3.63, 3.8) is 0 Å². The fourth-order valence-corrected chi connectivity index (χ4v) is 2.76. The summed E-state index contributed by atoms with van der Waals surface area (Å²) in [5.41, 5.74) is 0.130. The quantitative estimate of drug-likeness (QED) is 0.861. The second-order valence-corrected chi connectivity index (χ2v) is 5.99. The molecule has 2 aromatic rings. The Kier molecular flexibility index (Phi) is 4.77. The van der Waals surface area contributed by atoms with Gasteiger partial charge in [-0.3, -0.25) is 4.79 Å². The van der Waals surface area contributed by atoms with E-state index in [2.05, 4.69) is 14.9 Å². The van der Waals surface area contributed by atoms with E-state index in [9.17, 15) is 27.9 Å². The first-order valence-corrected chi connectivity index (χ1v) is 7.88. The van der Waals surface area contributed by atoms with Crippen molar-refractivity contribution in [2.24, 2.45) is 0 Å². The molecule has 1 aliphatic heterocycles. The van der Waals surface area contributed by atoms with E-state index in [4.69, 9.17) is 0 Å². The predicted octanol–water partition coefficient (Wildman–Crippen LogP) is 1.64. The number of amides is 1. The number of carbonyl (C=O) groups is 2. The van der Waals surface area contributed by atoms with Gasteiger partial charge in [-0.25, -0.2) is 4.79 Å². The van der Waals surface area contributed by atoms with Crippen molar-refractivity contribution < 1.29 is 32.6 Å². The number of aryl methyl sites for hydroxylation is 1. The van der Waals surface area contributed by atoms with Crippen LogP contribution in [0, 0.1) is 6.92 Å². The van der Waals surface area contributed by atoms with Gasteiger partial charge in [-0.2, -0.15) is 13.2 Å². The van der Waals surface area contributed by atoms with E-state index in [1.54, 1.807) is 11.5 Å². The molecule has 1 aromatic carbocycles. The van der Waals surface area contributed by atoms with Crippen molar-refractivity contribution in [1.29, 1.82) is 0 Å². The van der Waals surface area contributed by atoms with Gasteiger partial charge in [0.05, 0.1) is 13.1 Å². The number of halogens is 3.